The summed E-state index contributed by atoms with van der Waals surface area (Å²) in [4.78, 5) is 20.8. The molecule has 172 valence electrons. The molecule has 4 rings (SSSR count). The highest BCUT2D eigenvalue weighted by Crippen LogP contribution is 2.36. The van der Waals surface area contributed by atoms with Crippen molar-refractivity contribution in [1.29, 1.82) is 0 Å². The van der Waals surface area contributed by atoms with E-state index in [4.69, 9.17) is 0 Å². The molecule has 2 heterocycles. The summed E-state index contributed by atoms with van der Waals surface area (Å²) >= 11 is 0. The van der Waals surface area contributed by atoms with Gasteiger partial charge in [-0.1, -0.05) is 6.07 Å². The molecule has 0 fully saturated rings. The number of benzene rings is 2. The highest BCUT2D eigenvalue weighted by Gasteiger charge is 2.41. The lowest BCUT2D eigenvalue weighted by molar-refractivity contribution is -0.137. The van der Waals surface area contributed by atoms with Gasteiger partial charge in [-0.25, -0.2) is 23.4 Å². The molecule has 0 radical (unpaired) electrons. The maximum atomic E-state index is 14.7. The maximum absolute atomic E-state index is 14.7. The highest BCUT2D eigenvalue weighted by atomic mass is 19.4. The number of hydrogen-bond donors (Lipinski definition) is 1. The van der Waals surface area contributed by atoms with Gasteiger partial charge in [0.1, 0.15) is 29.9 Å². The number of fused-ring (bicyclic) bond motifs is 1. The first kappa shape index (κ1) is 22.5. The molecular formula is C21H16F5N5O2. The van der Waals surface area contributed by atoms with E-state index in [0.717, 1.165) is 41.2 Å². The van der Waals surface area contributed by atoms with Gasteiger partial charge < -0.3 is 5.11 Å². The SMILES string of the molecule is CC(n1cnc2cc(C(F)(F)F)ccc2c1=O)C(O)(Cn1cncn1)c1ccc(F)cc1F. The van der Waals surface area contributed by atoms with Crippen LogP contribution in [-0.4, -0.2) is 29.4 Å². The Kier molecular flexibility index (Phi) is 5.48. The van der Waals surface area contributed by atoms with Gasteiger partial charge in [-0.15, -0.1) is 0 Å². The average molecular weight is 465 g/mol. The fraction of sp³-hybridized carbons (Fsp3) is 0.238. The average Bonchev–Trinajstić information content (AvgIpc) is 3.25. The Bertz CT molecular complexity index is 1370. The second-order valence-corrected chi connectivity index (χ2v) is 7.50. The first-order chi connectivity index (χ1) is 15.5. The van der Waals surface area contributed by atoms with Crippen LogP contribution in [0.2, 0.25) is 0 Å². The Hall–Kier alpha value is -3.67. The zero-order chi connectivity index (χ0) is 24.0. The molecule has 0 amide bonds. The number of nitrogens with zero attached hydrogens (tertiary/aromatic N) is 5. The van der Waals surface area contributed by atoms with E-state index in [-0.39, 0.29) is 23.0 Å². The Labute approximate surface area is 182 Å². The van der Waals surface area contributed by atoms with E-state index in [2.05, 4.69) is 15.1 Å². The van der Waals surface area contributed by atoms with Crippen LogP contribution in [0, 0.1) is 11.6 Å². The lowest BCUT2D eigenvalue weighted by Crippen LogP contribution is -2.43. The van der Waals surface area contributed by atoms with Crippen LogP contribution in [0.4, 0.5) is 22.0 Å². The van der Waals surface area contributed by atoms with Gasteiger partial charge in [0.2, 0.25) is 0 Å². The monoisotopic (exact) mass is 465 g/mol. The number of aromatic nitrogens is 5. The number of alkyl halides is 3. The molecule has 0 bridgehead atoms. The lowest BCUT2D eigenvalue weighted by atomic mass is 9.86. The topological polar surface area (TPSA) is 85.8 Å². The predicted molar refractivity (Wildman–Crippen MR) is 106 cm³/mol. The zero-order valence-corrected chi connectivity index (χ0v) is 17.0. The van der Waals surface area contributed by atoms with Crippen molar-refractivity contribution in [2.24, 2.45) is 0 Å². The molecule has 33 heavy (non-hydrogen) atoms. The van der Waals surface area contributed by atoms with Gasteiger partial charge in [0.25, 0.3) is 5.56 Å². The van der Waals surface area contributed by atoms with Crippen molar-refractivity contribution in [3.63, 3.8) is 0 Å². The summed E-state index contributed by atoms with van der Waals surface area (Å²) < 4.78 is 69.4. The van der Waals surface area contributed by atoms with Crippen molar-refractivity contribution in [2.45, 2.75) is 31.3 Å². The standard InChI is InChI=1S/C21H16F5N5O2/c1-12(31-11-28-18-6-13(21(24,25)26)2-4-15(18)19(31)32)20(33,8-30-10-27-9-29-30)16-5-3-14(22)7-17(16)23/h2-7,9-12,33H,8H2,1H3. The molecule has 0 spiro atoms. The van der Waals surface area contributed by atoms with E-state index in [1.54, 1.807) is 0 Å². The number of hydrogen-bond acceptors (Lipinski definition) is 5. The fourth-order valence-corrected chi connectivity index (χ4v) is 3.66. The predicted octanol–water partition coefficient (Wildman–Crippen LogP) is 3.43. The molecule has 0 aliphatic heterocycles. The highest BCUT2D eigenvalue weighted by molar-refractivity contribution is 5.78. The normalized spacial score (nSPS) is 14.9. The molecule has 2 unspecified atom stereocenters. The number of rotatable bonds is 5. The van der Waals surface area contributed by atoms with Crippen molar-refractivity contribution in [1.82, 2.24) is 24.3 Å². The fourth-order valence-electron chi connectivity index (χ4n) is 3.66. The minimum atomic E-state index is -4.61. The summed E-state index contributed by atoms with van der Waals surface area (Å²) in [5.74, 6) is -1.92. The minimum absolute atomic E-state index is 0.125. The van der Waals surface area contributed by atoms with E-state index in [0.29, 0.717) is 6.07 Å². The second-order valence-electron chi connectivity index (χ2n) is 7.50. The third kappa shape index (κ3) is 4.09. The smallest absolute Gasteiger partial charge is 0.381 e. The minimum Gasteiger partial charge on any atom is -0.381 e. The molecule has 0 aliphatic carbocycles. The van der Waals surface area contributed by atoms with Gasteiger partial charge in [-0.2, -0.15) is 18.3 Å². The molecular weight excluding hydrogens is 449 g/mol. The number of aliphatic hydroxyl groups is 1. The first-order valence-corrected chi connectivity index (χ1v) is 9.59. The van der Waals surface area contributed by atoms with Crippen LogP contribution in [0.5, 0.6) is 0 Å². The first-order valence-electron chi connectivity index (χ1n) is 9.59. The van der Waals surface area contributed by atoms with E-state index in [1.165, 1.54) is 24.3 Å². The van der Waals surface area contributed by atoms with Crippen molar-refractivity contribution >= 4 is 10.9 Å². The van der Waals surface area contributed by atoms with Crippen LogP contribution in [-0.2, 0) is 18.3 Å². The summed E-state index contributed by atoms with van der Waals surface area (Å²) in [7, 11) is 0. The zero-order valence-electron chi connectivity index (χ0n) is 17.0. The third-order valence-electron chi connectivity index (χ3n) is 5.49. The van der Waals surface area contributed by atoms with Crippen LogP contribution >= 0.6 is 0 Å². The summed E-state index contributed by atoms with van der Waals surface area (Å²) in [5, 5.41) is 15.4. The van der Waals surface area contributed by atoms with E-state index < -0.39 is 40.6 Å². The van der Waals surface area contributed by atoms with Crippen molar-refractivity contribution in [2.75, 3.05) is 0 Å². The number of halogens is 5. The van der Waals surface area contributed by atoms with Gasteiger partial charge in [0.15, 0.2) is 0 Å². The van der Waals surface area contributed by atoms with Crippen LogP contribution in [0.1, 0.15) is 24.1 Å². The van der Waals surface area contributed by atoms with Crippen LogP contribution < -0.4 is 5.56 Å². The Balaban J connectivity index is 1.86. The molecule has 2 atom stereocenters. The maximum Gasteiger partial charge on any atom is 0.416 e. The summed E-state index contributed by atoms with van der Waals surface area (Å²) in [5.41, 5.74) is -4.36. The second kappa shape index (κ2) is 8.03. The Morgan fingerprint density at radius 3 is 2.48 bits per heavy atom. The van der Waals surface area contributed by atoms with Gasteiger partial charge in [-0.05, 0) is 31.2 Å². The molecule has 2 aromatic carbocycles. The summed E-state index contributed by atoms with van der Waals surface area (Å²) in [6, 6.07) is 3.88. The van der Waals surface area contributed by atoms with E-state index in [1.807, 2.05) is 0 Å². The van der Waals surface area contributed by atoms with Gasteiger partial charge >= 0.3 is 6.18 Å². The van der Waals surface area contributed by atoms with E-state index >= 15 is 0 Å². The van der Waals surface area contributed by atoms with Crippen LogP contribution in [0.15, 0.2) is 60.2 Å². The van der Waals surface area contributed by atoms with Crippen LogP contribution in [0.3, 0.4) is 0 Å². The van der Waals surface area contributed by atoms with Crippen LogP contribution in [0.25, 0.3) is 10.9 Å². The molecule has 7 nitrogen and oxygen atoms in total. The van der Waals surface area contributed by atoms with E-state index in [9.17, 15) is 31.9 Å². The molecule has 0 aliphatic rings. The Morgan fingerprint density at radius 1 is 1.09 bits per heavy atom. The molecule has 12 heteroatoms. The quantitative estimate of drug-likeness (QED) is 0.457. The van der Waals surface area contributed by atoms with Crippen molar-refractivity contribution in [3.8, 4) is 0 Å². The van der Waals surface area contributed by atoms with Crippen molar-refractivity contribution < 1.29 is 27.1 Å². The largest absolute Gasteiger partial charge is 0.416 e. The summed E-state index contributed by atoms with van der Waals surface area (Å²) in [6.45, 7) is 1.03. The molecule has 1 N–H and O–H groups in total. The third-order valence-corrected chi connectivity index (χ3v) is 5.49. The van der Waals surface area contributed by atoms with Gasteiger partial charge in [0.05, 0.1) is 35.4 Å². The molecule has 0 saturated heterocycles. The lowest BCUT2D eigenvalue weighted by Gasteiger charge is -2.35. The Morgan fingerprint density at radius 2 is 1.85 bits per heavy atom. The summed E-state index contributed by atoms with van der Waals surface area (Å²) in [6.07, 6.45) is -1.19. The van der Waals surface area contributed by atoms with Gasteiger partial charge in [0, 0.05) is 11.6 Å². The molecule has 0 saturated carbocycles. The molecule has 4 aromatic rings. The molecule has 2 aromatic heterocycles. The van der Waals surface area contributed by atoms with Gasteiger partial charge in [-0.3, -0.25) is 9.36 Å². The van der Waals surface area contributed by atoms with Crippen molar-refractivity contribution in [3.05, 3.63) is 88.5 Å².